The third-order valence-corrected chi connectivity index (χ3v) is 5.25. The monoisotopic (exact) mass is 372 g/mol. The Morgan fingerprint density at radius 3 is 2.07 bits per heavy atom. The molecule has 1 aliphatic rings. The summed E-state index contributed by atoms with van der Waals surface area (Å²) in [5, 5.41) is 19.2. The van der Waals surface area contributed by atoms with Gasteiger partial charge < -0.3 is 10.2 Å². The van der Waals surface area contributed by atoms with Crippen LogP contribution >= 0.6 is 0 Å². The van der Waals surface area contributed by atoms with Crippen LogP contribution in [-0.4, -0.2) is 27.9 Å². The van der Waals surface area contributed by atoms with Crippen LogP contribution < -0.4 is 0 Å². The largest absolute Gasteiger partial charge is 0.481 e. The number of hydrogen-bond acceptors (Lipinski definition) is 3. The van der Waals surface area contributed by atoms with Crippen LogP contribution in [0.2, 0.25) is 0 Å². The first kappa shape index (κ1) is 20.9. The average Bonchev–Trinajstić information content (AvgIpc) is 2.59. The van der Waals surface area contributed by atoms with E-state index in [1.165, 1.54) is 6.42 Å². The Bertz CT molecular complexity index is 694. The highest BCUT2D eigenvalue weighted by atomic mass is 16.4. The fourth-order valence-corrected chi connectivity index (χ4v) is 3.62. The maximum absolute atomic E-state index is 12.5. The van der Waals surface area contributed by atoms with Crippen LogP contribution in [0.15, 0.2) is 35.9 Å². The van der Waals surface area contributed by atoms with Crippen molar-refractivity contribution in [2.45, 2.75) is 58.3 Å². The molecule has 2 N–H and O–H groups in total. The second-order valence-electron chi connectivity index (χ2n) is 7.42. The summed E-state index contributed by atoms with van der Waals surface area (Å²) in [5.41, 5.74) is 1.24. The second-order valence-corrected chi connectivity index (χ2v) is 7.42. The number of ketones is 1. The van der Waals surface area contributed by atoms with Gasteiger partial charge >= 0.3 is 11.9 Å². The molecule has 0 aliphatic heterocycles. The number of carboxylic acids is 2. The Labute approximate surface area is 160 Å². The molecule has 1 aromatic rings. The second kappa shape index (κ2) is 10.0. The van der Waals surface area contributed by atoms with E-state index in [0.717, 1.165) is 44.1 Å². The molecule has 0 saturated heterocycles. The van der Waals surface area contributed by atoms with E-state index in [0.29, 0.717) is 5.56 Å². The number of carboxylic acid groups (broad SMARTS) is 2. The molecule has 0 amide bonds. The van der Waals surface area contributed by atoms with E-state index in [2.05, 4.69) is 0 Å². The number of carbonyl (C=O) groups excluding carboxylic acids is 1. The van der Waals surface area contributed by atoms with Crippen molar-refractivity contribution in [1.82, 2.24) is 0 Å². The van der Waals surface area contributed by atoms with Crippen molar-refractivity contribution < 1.29 is 24.6 Å². The van der Waals surface area contributed by atoms with Crippen molar-refractivity contribution >= 4 is 17.7 Å². The number of aliphatic carboxylic acids is 2. The fourth-order valence-electron chi connectivity index (χ4n) is 3.62. The first-order valence-corrected chi connectivity index (χ1v) is 9.66. The van der Waals surface area contributed by atoms with Crippen LogP contribution in [0.1, 0.15) is 67.3 Å². The van der Waals surface area contributed by atoms with Crippen LogP contribution in [-0.2, 0) is 9.59 Å². The molecule has 0 spiro atoms. The highest BCUT2D eigenvalue weighted by Crippen LogP contribution is 2.28. The Morgan fingerprint density at radius 1 is 1.00 bits per heavy atom. The zero-order chi connectivity index (χ0) is 19.8. The van der Waals surface area contributed by atoms with E-state index in [1.54, 1.807) is 30.3 Å². The zero-order valence-electron chi connectivity index (χ0n) is 15.8. The summed E-state index contributed by atoms with van der Waals surface area (Å²) in [4.78, 5) is 36.1. The van der Waals surface area contributed by atoms with Crippen LogP contribution in [0.5, 0.6) is 0 Å². The minimum absolute atomic E-state index is 0.0627. The number of aryl methyl sites for hydroxylation is 1. The summed E-state index contributed by atoms with van der Waals surface area (Å²) < 4.78 is 0. The number of Topliss-reactive ketones (excluding diaryl/α,β-unsaturated/α-hetero) is 1. The molecule has 0 aromatic heterocycles. The summed E-state index contributed by atoms with van der Waals surface area (Å²) in [5.74, 6) is -4.14. The highest BCUT2D eigenvalue weighted by molar-refractivity contribution is 6.01. The number of benzene rings is 1. The molecular weight excluding hydrogens is 344 g/mol. The lowest BCUT2D eigenvalue weighted by molar-refractivity contribution is -0.143. The summed E-state index contributed by atoms with van der Waals surface area (Å²) in [6.45, 7) is 1.90. The SMILES string of the molecule is Cc1ccc(C(=O)CC(C(=O)O)C(=CC2CCCCCCC2)C(=O)O)cc1. The first-order valence-electron chi connectivity index (χ1n) is 9.66. The van der Waals surface area contributed by atoms with Gasteiger partial charge in [0.05, 0.1) is 5.92 Å². The predicted octanol–water partition coefficient (Wildman–Crippen LogP) is 4.64. The van der Waals surface area contributed by atoms with E-state index >= 15 is 0 Å². The standard InChI is InChI=1S/C22H28O5/c1-15-9-11-17(12-10-15)20(23)14-19(22(26)27)18(21(24)25)13-16-7-5-3-2-4-6-8-16/h9-13,16,19H,2-8,14H2,1H3,(H,24,25)(H,26,27). The molecule has 1 saturated carbocycles. The van der Waals surface area contributed by atoms with Gasteiger partial charge in [0.2, 0.25) is 0 Å². The molecule has 1 fully saturated rings. The lowest BCUT2D eigenvalue weighted by atomic mass is 9.85. The lowest BCUT2D eigenvalue weighted by Crippen LogP contribution is -2.25. The van der Waals surface area contributed by atoms with Gasteiger partial charge in [-0.3, -0.25) is 9.59 Å². The van der Waals surface area contributed by atoms with Crippen LogP contribution in [0.4, 0.5) is 0 Å². The molecule has 2 rings (SSSR count). The quantitative estimate of drug-likeness (QED) is 0.537. The molecule has 5 nitrogen and oxygen atoms in total. The van der Waals surface area contributed by atoms with Crippen molar-refractivity contribution in [1.29, 1.82) is 0 Å². The Morgan fingerprint density at radius 2 is 1.56 bits per heavy atom. The predicted molar refractivity (Wildman–Crippen MR) is 103 cm³/mol. The zero-order valence-corrected chi connectivity index (χ0v) is 15.8. The number of hydrogen-bond donors (Lipinski definition) is 2. The lowest BCUT2D eigenvalue weighted by Gasteiger charge is -2.19. The van der Waals surface area contributed by atoms with Gasteiger partial charge in [-0.25, -0.2) is 4.79 Å². The molecule has 0 heterocycles. The molecular formula is C22H28O5. The van der Waals surface area contributed by atoms with E-state index < -0.39 is 17.9 Å². The van der Waals surface area contributed by atoms with Crippen LogP contribution in [0, 0.1) is 18.8 Å². The maximum Gasteiger partial charge on any atom is 0.332 e. The Kier molecular flexibility index (Phi) is 7.77. The van der Waals surface area contributed by atoms with Crippen molar-refractivity contribution in [3.63, 3.8) is 0 Å². The van der Waals surface area contributed by atoms with E-state index in [9.17, 15) is 24.6 Å². The fraction of sp³-hybridized carbons (Fsp3) is 0.500. The molecule has 1 aromatic carbocycles. The molecule has 0 bridgehead atoms. The van der Waals surface area contributed by atoms with Gasteiger partial charge in [0.15, 0.2) is 5.78 Å². The number of carbonyl (C=O) groups is 3. The Hall–Kier alpha value is -2.43. The normalized spacial score (nSPS) is 17.6. The molecule has 27 heavy (non-hydrogen) atoms. The van der Waals surface area contributed by atoms with Gasteiger partial charge in [0, 0.05) is 17.6 Å². The molecule has 146 valence electrons. The summed E-state index contributed by atoms with van der Waals surface area (Å²) >= 11 is 0. The topological polar surface area (TPSA) is 91.7 Å². The van der Waals surface area contributed by atoms with Crippen molar-refractivity contribution in [2.24, 2.45) is 11.8 Å². The average molecular weight is 372 g/mol. The van der Waals surface area contributed by atoms with Crippen LogP contribution in [0.25, 0.3) is 0 Å². The maximum atomic E-state index is 12.5. The molecule has 5 heteroatoms. The minimum Gasteiger partial charge on any atom is -0.481 e. The van der Waals surface area contributed by atoms with E-state index in [4.69, 9.17) is 0 Å². The van der Waals surface area contributed by atoms with Crippen molar-refractivity contribution in [3.8, 4) is 0 Å². The highest BCUT2D eigenvalue weighted by Gasteiger charge is 2.31. The van der Waals surface area contributed by atoms with Crippen LogP contribution in [0.3, 0.4) is 0 Å². The van der Waals surface area contributed by atoms with Gasteiger partial charge in [-0.05, 0) is 25.7 Å². The third-order valence-electron chi connectivity index (χ3n) is 5.25. The van der Waals surface area contributed by atoms with Gasteiger partial charge in [0.1, 0.15) is 0 Å². The van der Waals surface area contributed by atoms with Crippen molar-refractivity contribution in [3.05, 3.63) is 47.0 Å². The van der Waals surface area contributed by atoms with Gasteiger partial charge in [-0.15, -0.1) is 0 Å². The van der Waals surface area contributed by atoms with Gasteiger partial charge in [-0.2, -0.15) is 0 Å². The van der Waals surface area contributed by atoms with E-state index in [-0.39, 0.29) is 23.7 Å². The summed E-state index contributed by atoms with van der Waals surface area (Å²) in [6, 6.07) is 6.86. The third kappa shape index (κ3) is 6.35. The number of allylic oxidation sites excluding steroid dienone is 1. The summed E-state index contributed by atoms with van der Waals surface area (Å²) in [6.07, 6.45) is 8.50. The molecule has 1 aliphatic carbocycles. The smallest absolute Gasteiger partial charge is 0.332 e. The number of rotatable bonds is 7. The molecule has 1 unspecified atom stereocenters. The van der Waals surface area contributed by atoms with E-state index in [1.807, 2.05) is 6.92 Å². The minimum atomic E-state index is -1.33. The molecule has 1 atom stereocenters. The van der Waals surface area contributed by atoms with Gasteiger partial charge in [-0.1, -0.05) is 68.0 Å². The summed E-state index contributed by atoms with van der Waals surface area (Å²) in [7, 11) is 0. The molecule has 0 radical (unpaired) electrons. The van der Waals surface area contributed by atoms with Crippen molar-refractivity contribution in [2.75, 3.05) is 0 Å². The Balaban J connectivity index is 2.22. The first-order chi connectivity index (χ1) is 12.9. The van der Waals surface area contributed by atoms with Gasteiger partial charge in [0.25, 0.3) is 0 Å².